The summed E-state index contributed by atoms with van der Waals surface area (Å²) in [6.45, 7) is 4.83. The average Bonchev–Trinajstić information content (AvgIpc) is 2.83. The van der Waals surface area contributed by atoms with E-state index in [0.29, 0.717) is 17.7 Å². The zero-order chi connectivity index (χ0) is 14.5. The number of benzene rings is 1. The molecule has 20 heavy (non-hydrogen) atoms. The number of aryl methyl sites for hydroxylation is 1. The van der Waals surface area contributed by atoms with Gasteiger partial charge in [0.15, 0.2) is 0 Å². The van der Waals surface area contributed by atoms with Crippen molar-refractivity contribution in [2.75, 3.05) is 0 Å². The van der Waals surface area contributed by atoms with Crippen LogP contribution in [0.1, 0.15) is 40.7 Å². The van der Waals surface area contributed by atoms with E-state index in [-0.39, 0.29) is 5.78 Å². The van der Waals surface area contributed by atoms with E-state index in [9.17, 15) is 4.79 Å². The number of hydrogen-bond donors (Lipinski definition) is 0. The van der Waals surface area contributed by atoms with Gasteiger partial charge in [0.2, 0.25) is 5.78 Å². The van der Waals surface area contributed by atoms with E-state index in [0.717, 1.165) is 24.2 Å². The largest absolute Gasteiger partial charge is 0.341 e. The van der Waals surface area contributed by atoms with E-state index < -0.39 is 0 Å². The molecule has 0 saturated carbocycles. The Hall–Kier alpha value is -2.34. The van der Waals surface area contributed by atoms with E-state index in [1.54, 1.807) is 0 Å². The number of carbonyl (C=O) groups is 1. The molecule has 1 aromatic heterocycles. The molecule has 0 aliphatic carbocycles. The van der Waals surface area contributed by atoms with Crippen molar-refractivity contribution in [2.45, 2.75) is 33.2 Å². The Labute approximate surface area is 119 Å². The molecule has 0 aliphatic heterocycles. The molecule has 0 aliphatic rings. The second-order valence-corrected chi connectivity index (χ2v) is 4.89. The molecule has 0 radical (unpaired) electrons. The van der Waals surface area contributed by atoms with Gasteiger partial charge in [0.25, 0.3) is 0 Å². The fourth-order valence-corrected chi connectivity index (χ4v) is 2.28. The minimum absolute atomic E-state index is 0.0163. The van der Waals surface area contributed by atoms with Crippen LogP contribution in [-0.4, -0.2) is 10.4 Å². The highest BCUT2D eigenvalue weighted by Gasteiger charge is 2.16. The van der Waals surface area contributed by atoms with Gasteiger partial charge in [-0.3, -0.25) is 4.79 Å². The molecule has 0 atom stereocenters. The number of ketones is 1. The lowest BCUT2D eigenvalue weighted by molar-refractivity contribution is 0.103. The first kappa shape index (κ1) is 14.1. The summed E-state index contributed by atoms with van der Waals surface area (Å²) >= 11 is 0. The first-order chi connectivity index (χ1) is 9.67. The van der Waals surface area contributed by atoms with Gasteiger partial charge >= 0.3 is 0 Å². The monoisotopic (exact) mass is 266 g/mol. The summed E-state index contributed by atoms with van der Waals surface area (Å²) in [6.07, 6.45) is 1.27. The van der Waals surface area contributed by atoms with Crippen LogP contribution in [0.2, 0.25) is 0 Å². The Balaban J connectivity index is 2.39. The van der Waals surface area contributed by atoms with Crippen LogP contribution in [0, 0.1) is 18.3 Å². The number of aromatic nitrogens is 1. The number of rotatable bonds is 5. The third-order valence-corrected chi connectivity index (χ3v) is 3.32. The first-order valence-corrected chi connectivity index (χ1v) is 6.84. The van der Waals surface area contributed by atoms with Gasteiger partial charge in [-0.25, -0.2) is 0 Å². The molecule has 0 spiro atoms. The van der Waals surface area contributed by atoms with Gasteiger partial charge < -0.3 is 4.57 Å². The third-order valence-electron chi connectivity index (χ3n) is 3.32. The first-order valence-electron chi connectivity index (χ1n) is 6.84. The smallest absolute Gasteiger partial charge is 0.209 e. The van der Waals surface area contributed by atoms with E-state index in [4.69, 9.17) is 5.26 Å². The Morgan fingerprint density at radius 1 is 1.20 bits per heavy atom. The molecule has 102 valence electrons. The Morgan fingerprint density at radius 2 is 1.90 bits per heavy atom. The average molecular weight is 266 g/mol. The molecule has 0 unspecified atom stereocenters. The Morgan fingerprint density at radius 3 is 2.50 bits per heavy atom. The SMILES string of the molecule is CCCn1c(CC#N)ccc1C(=O)c1ccc(C)cc1. The second-order valence-electron chi connectivity index (χ2n) is 4.89. The van der Waals surface area contributed by atoms with Crippen LogP contribution < -0.4 is 0 Å². The minimum atomic E-state index is 0.0163. The highest BCUT2D eigenvalue weighted by Crippen LogP contribution is 2.16. The van der Waals surface area contributed by atoms with Crippen LogP contribution in [0.5, 0.6) is 0 Å². The maximum Gasteiger partial charge on any atom is 0.209 e. The number of carbonyl (C=O) groups excluding carboxylic acids is 1. The normalized spacial score (nSPS) is 10.2. The minimum Gasteiger partial charge on any atom is -0.341 e. The molecule has 0 fully saturated rings. The highest BCUT2D eigenvalue weighted by atomic mass is 16.1. The summed E-state index contributed by atoms with van der Waals surface area (Å²) in [7, 11) is 0. The van der Waals surface area contributed by atoms with Gasteiger partial charge in [0.05, 0.1) is 18.2 Å². The van der Waals surface area contributed by atoms with Crippen molar-refractivity contribution in [1.29, 1.82) is 5.26 Å². The number of nitrogens with zero attached hydrogens (tertiary/aromatic N) is 2. The maximum atomic E-state index is 12.6. The Kier molecular flexibility index (Phi) is 4.37. The van der Waals surface area contributed by atoms with E-state index in [2.05, 4.69) is 13.0 Å². The van der Waals surface area contributed by atoms with Crippen molar-refractivity contribution in [3.8, 4) is 6.07 Å². The predicted octanol–water partition coefficient (Wildman–Crippen LogP) is 3.50. The van der Waals surface area contributed by atoms with Crippen molar-refractivity contribution < 1.29 is 4.79 Å². The highest BCUT2D eigenvalue weighted by molar-refractivity contribution is 6.08. The summed E-state index contributed by atoms with van der Waals surface area (Å²) in [5.74, 6) is 0.0163. The molecule has 2 aromatic rings. The molecule has 3 heteroatoms. The Bertz CT molecular complexity index is 645. The van der Waals surface area contributed by atoms with Crippen LogP contribution >= 0.6 is 0 Å². The molecule has 1 heterocycles. The summed E-state index contributed by atoms with van der Waals surface area (Å²) in [4.78, 5) is 12.6. The van der Waals surface area contributed by atoms with Gasteiger partial charge in [0, 0.05) is 17.8 Å². The van der Waals surface area contributed by atoms with E-state index >= 15 is 0 Å². The molecular weight excluding hydrogens is 248 g/mol. The topological polar surface area (TPSA) is 45.8 Å². The molecule has 2 rings (SSSR count). The van der Waals surface area contributed by atoms with Gasteiger partial charge in [0.1, 0.15) is 0 Å². The number of hydrogen-bond acceptors (Lipinski definition) is 2. The maximum absolute atomic E-state index is 12.6. The van der Waals surface area contributed by atoms with Gasteiger partial charge in [-0.1, -0.05) is 36.8 Å². The molecular formula is C17H18N2O. The van der Waals surface area contributed by atoms with Crippen molar-refractivity contribution in [3.05, 3.63) is 58.9 Å². The molecule has 0 N–H and O–H groups in total. The van der Waals surface area contributed by atoms with Crippen molar-refractivity contribution in [2.24, 2.45) is 0 Å². The van der Waals surface area contributed by atoms with E-state index in [1.807, 2.05) is 47.9 Å². The third kappa shape index (κ3) is 2.80. The van der Waals surface area contributed by atoms with Crippen LogP contribution in [0.4, 0.5) is 0 Å². The summed E-state index contributed by atoms with van der Waals surface area (Å²) in [6, 6.07) is 13.4. The summed E-state index contributed by atoms with van der Waals surface area (Å²) in [5, 5.41) is 8.86. The molecule has 3 nitrogen and oxygen atoms in total. The van der Waals surface area contributed by atoms with Gasteiger partial charge in [-0.05, 0) is 25.5 Å². The van der Waals surface area contributed by atoms with E-state index in [1.165, 1.54) is 0 Å². The fourth-order valence-electron chi connectivity index (χ4n) is 2.28. The lowest BCUT2D eigenvalue weighted by Crippen LogP contribution is -2.12. The van der Waals surface area contributed by atoms with Crippen molar-refractivity contribution >= 4 is 5.78 Å². The lowest BCUT2D eigenvalue weighted by Gasteiger charge is -2.10. The fraction of sp³-hybridized carbons (Fsp3) is 0.294. The number of nitriles is 1. The summed E-state index contributed by atoms with van der Waals surface area (Å²) in [5.41, 5.74) is 3.40. The zero-order valence-corrected chi connectivity index (χ0v) is 11.9. The van der Waals surface area contributed by atoms with Crippen LogP contribution in [0.25, 0.3) is 0 Å². The van der Waals surface area contributed by atoms with Crippen molar-refractivity contribution in [3.63, 3.8) is 0 Å². The van der Waals surface area contributed by atoms with Crippen LogP contribution in [0.15, 0.2) is 36.4 Å². The molecule has 0 amide bonds. The van der Waals surface area contributed by atoms with Gasteiger partial charge in [-0.15, -0.1) is 0 Å². The second kappa shape index (κ2) is 6.21. The predicted molar refractivity (Wildman–Crippen MR) is 78.7 cm³/mol. The van der Waals surface area contributed by atoms with Crippen LogP contribution in [-0.2, 0) is 13.0 Å². The van der Waals surface area contributed by atoms with Crippen LogP contribution in [0.3, 0.4) is 0 Å². The summed E-state index contributed by atoms with van der Waals surface area (Å²) < 4.78 is 1.96. The molecule has 0 bridgehead atoms. The standard InChI is InChI=1S/C17H18N2O/c1-3-12-19-15(10-11-18)8-9-16(19)17(20)14-6-4-13(2)5-7-14/h4-9H,3,10,12H2,1-2H3. The zero-order valence-electron chi connectivity index (χ0n) is 11.9. The van der Waals surface area contributed by atoms with Crippen molar-refractivity contribution in [1.82, 2.24) is 4.57 Å². The molecule has 1 aromatic carbocycles. The lowest BCUT2D eigenvalue weighted by atomic mass is 10.1. The van der Waals surface area contributed by atoms with Gasteiger partial charge in [-0.2, -0.15) is 5.26 Å². The molecule has 0 saturated heterocycles. The quantitative estimate of drug-likeness (QED) is 0.777.